The van der Waals surface area contributed by atoms with E-state index in [2.05, 4.69) is 37.9 Å². The molecule has 2 N–H and O–H groups in total. The average Bonchev–Trinajstić information content (AvgIpc) is 3.14. The molecule has 0 aromatic carbocycles. The van der Waals surface area contributed by atoms with Crippen molar-refractivity contribution in [1.29, 1.82) is 0 Å². The van der Waals surface area contributed by atoms with E-state index in [4.69, 9.17) is 4.74 Å². The maximum atomic E-state index is 11.7. The summed E-state index contributed by atoms with van der Waals surface area (Å²) in [6.45, 7) is 7.28. The van der Waals surface area contributed by atoms with Gasteiger partial charge in [-0.15, -0.1) is 0 Å². The number of unbranched alkanes of at least 4 members (excludes halogenated alkanes) is 9. The van der Waals surface area contributed by atoms with Crippen molar-refractivity contribution in [3.05, 3.63) is 34.9 Å². The van der Waals surface area contributed by atoms with Gasteiger partial charge in [0.1, 0.15) is 23.4 Å². The van der Waals surface area contributed by atoms with Crippen LogP contribution >= 0.6 is 0 Å². The van der Waals surface area contributed by atoms with Gasteiger partial charge in [-0.25, -0.2) is 0 Å². The third-order valence-corrected chi connectivity index (χ3v) is 10.2. The summed E-state index contributed by atoms with van der Waals surface area (Å²) < 4.78 is 7.06. The lowest BCUT2D eigenvalue weighted by molar-refractivity contribution is -0.174. The number of nitrogens with zero attached hydrogens (tertiary/aromatic N) is 1. The fourth-order valence-electron chi connectivity index (χ4n) is 8.57. The van der Waals surface area contributed by atoms with Crippen molar-refractivity contribution in [1.82, 2.24) is 4.90 Å². The van der Waals surface area contributed by atoms with E-state index in [1.54, 1.807) is 0 Å². The van der Waals surface area contributed by atoms with Crippen molar-refractivity contribution in [2.75, 3.05) is 13.6 Å². The second kappa shape index (κ2) is 9.74. The molecule has 3 aliphatic carbocycles. The lowest BCUT2D eigenvalue weighted by atomic mass is 9.48. The molecule has 7 atom stereocenters. The zero-order valence-corrected chi connectivity index (χ0v) is 22.7. The Morgan fingerprint density at radius 3 is 2.40 bits per heavy atom. The molecular weight excluding hydrogens is 434 g/mol. The van der Waals surface area contributed by atoms with Gasteiger partial charge < -0.3 is 19.8 Å². The quantitative estimate of drug-likeness (QED) is 0.276. The zero-order chi connectivity index (χ0) is 24.8. The maximum absolute atomic E-state index is 11.7. The summed E-state index contributed by atoms with van der Waals surface area (Å²) in [5.74, 6) is 0.346. The van der Waals surface area contributed by atoms with Gasteiger partial charge in [0.05, 0.1) is 0 Å². The lowest BCUT2D eigenvalue weighted by Crippen LogP contribution is -2.64. The van der Waals surface area contributed by atoms with E-state index < -0.39 is 17.3 Å². The maximum Gasteiger partial charge on any atom is 0.121 e. The van der Waals surface area contributed by atoms with Gasteiger partial charge >= 0.3 is 0 Å². The first kappa shape index (κ1) is 25.7. The summed E-state index contributed by atoms with van der Waals surface area (Å²) in [6, 6.07) is 0.438. The molecule has 4 nitrogen and oxygen atoms in total. The molecule has 2 saturated heterocycles. The number of hydrogen-bond acceptors (Lipinski definition) is 4. The number of rotatable bonds is 11. The molecule has 0 saturated carbocycles. The lowest BCUT2D eigenvalue weighted by Gasteiger charge is -2.59. The molecule has 35 heavy (non-hydrogen) atoms. The molecule has 5 aliphatic rings. The highest BCUT2D eigenvalue weighted by atomic mass is 16.5. The molecule has 0 amide bonds. The Morgan fingerprint density at radius 1 is 1.06 bits per heavy atom. The Bertz CT molecular complexity index is 888. The van der Waals surface area contributed by atoms with E-state index in [9.17, 15) is 10.2 Å². The smallest absolute Gasteiger partial charge is 0.121 e. The van der Waals surface area contributed by atoms with Gasteiger partial charge in [-0.05, 0) is 63.4 Å². The average molecular weight is 484 g/mol. The molecular formula is C31H49NO3. The third kappa shape index (κ3) is 4.02. The standard InChI is InChI=1S/C31H49NO3/c1-5-6-7-8-9-10-11-12-13-14-16-31-26-23(20-22(2)27(31)33)21-25-24-15-17-29(3,34)28(35-31)30(24,26)18-19-32(25)4/h15,17,20,24-25,27-28,33-34H,5-14,16,18-19,21H2,1-4H3/t24-,25+,27?,28-,29-,30-,31?/m0/s1. The van der Waals surface area contributed by atoms with Crippen molar-refractivity contribution >= 4 is 0 Å². The van der Waals surface area contributed by atoms with Crippen LogP contribution in [-0.2, 0) is 4.74 Å². The second-order valence-electron chi connectivity index (χ2n) is 12.7. The van der Waals surface area contributed by atoms with Gasteiger partial charge in [-0.3, -0.25) is 0 Å². The summed E-state index contributed by atoms with van der Waals surface area (Å²) >= 11 is 0. The number of aliphatic hydroxyl groups is 2. The number of likely N-dealkylation sites (tertiary alicyclic amines) is 1. The molecule has 2 fully saturated rings. The van der Waals surface area contributed by atoms with E-state index in [0.29, 0.717) is 12.0 Å². The van der Waals surface area contributed by atoms with Crippen LogP contribution in [0.2, 0.25) is 0 Å². The van der Waals surface area contributed by atoms with Crippen LogP contribution in [0.25, 0.3) is 0 Å². The van der Waals surface area contributed by atoms with Crippen LogP contribution in [0.4, 0.5) is 0 Å². The molecule has 0 aromatic rings. The van der Waals surface area contributed by atoms with Crippen molar-refractivity contribution in [3.8, 4) is 0 Å². The molecule has 1 spiro atoms. The van der Waals surface area contributed by atoms with Crippen LogP contribution < -0.4 is 0 Å². The van der Waals surface area contributed by atoms with Gasteiger partial charge in [0.2, 0.25) is 0 Å². The molecule has 2 aliphatic heterocycles. The van der Waals surface area contributed by atoms with Crippen molar-refractivity contribution in [2.24, 2.45) is 11.3 Å². The molecule has 5 rings (SSSR count). The largest absolute Gasteiger partial charge is 0.385 e. The Labute approximate surface area is 213 Å². The first-order valence-electron chi connectivity index (χ1n) is 14.7. The van der Waals surface area contributed by atoms with Crippen molar-refractivity contribution < 1.29 is 14.9 Å². The first-order chi connectivity index (χ1) is 16.8. The molecule has 0 radical (unpaired) electrons. The number of hydrogen-bond donors (Lipinski definition) is 2. The molecule has 196 valence electrons. The minimum Gasteiger partial charge on any atom is -0.385 e. The van der Waals surface area contributed by atoms with E-state index in [-0.39, 0.29) is 11.5 Å². The van der Waals surface area contributed by atoms with Gasteiger partial charge in [0.25, 0.3) is 0 Å². The second-order valence-corrected chi connectivity index (χ2v) is 12.7. The van der Waals surface area contributed by atoms with Gasteiger partial charge in [-0.2, -0.15) is 0 Å². The number of ether oxygens (including phenoxy) is 1. The topological polar surface area (TPSA) is 52.9 Å². The fourth-order valence-corrected chi connectivity index (χ4v) is 8.57. The molecule has 4 heteroatoms. The normalized spacial score (nSPS) is 41.8. The number of piperidine rings is 1. The monoisotopic (exact) mass is 483 g/mol. The zero-order valence-electron chi connectivity index (χ0n) is 22.7. The SMILES string of the molecule is CCCCCCCCCCCCC12O[C@@H]3[C@]45CCN(C)[C@H](CC(=C14)C=C(C)C2O)[C@@H]5C=C[C@]3(C)O. The highest BCUT2D eigenvalue weighted by molar-refractivity contribution is 5.55. The van der Waals surface area contributed by atoms with E-state index in [0.717, 1.165) is 37.8 Å². The van der Waals surface area contributed by atoms with Crippen LogP contribution in [-0.4, -0.2) is 58.2 Å². The summed E-state index contributed by atoms with van der Waals surface area (Å²) in [7, 11) is 2.25. The first-order valence-corrected chi connectivity index (χ1v) is 14.7. The third-order valence-electron chi connectivity index (χ3n) is 10.2. The van der Waals surface area contributed by atoms with Crippen molar-refractivity contribution in [2.45, 2.75) is 134 Å². The van der Waals surface area contributed by atoms with Crippen molar-refractivity contribution in [3.63, 3.8) is 0 Å². The Hall–Kier alpha value is -0.940. The summed E-state index contributed by atoms with van der Waals surface area (Å²) in [5, 5.41) is 23.3. The predicted octanol–water partition coefficient (Wildman–Crippen LogP) is 6.08. The molecule has 2 bridgehead atoms. The summed E-state index contributed by atoms with van der Waals surface area (Å²) in [5.41, 5.74) is 1.90. The number of allylic oxidation sites excluding steroid dienone is 1. The Morgan fingerprint density at radius 2 is 1.71 bits per heavy atom. The highest BCUT2D eigenvalue weighted by Crippen LogP contribution is 2.69. The Kier molecular flexibility index (Phi) is 7.15. The highest BCUT2D eigenvalue weighted by Gasteiger charge is 2.73. The molecule has 2 unspecified atom stereocenters. The predicted molar refractivity (Wildman–Crippen MR) is 142 cm³/mol. The van der Waals surface area contributed by atoms with Crippen LogP contribution in [0.15, 0.2) is 34.9 Å². The Balaban J connectivity index is 1.35. The molecule has 0 aromatic heterocycles. The van der Waals surface area contributed by atoms with Crippen LogP contribution in [0, 0.1) is 11.3 Å². The van der Waals surface area contributed by atoms with E-state index >= 15 is 0 Å². The van der Waals surface area contributed by atoms with E-state index in [1.807, 2.05) is 13.0 Å². The van der Waals surface area contributed by atoms with Gasteiger partial charge in [0.15, 0.2) is 0 Å². The molecule has 2 heterocycles. The minimum atomic E-state index is -1.01. The van der Waals surface area contributed by atoms with Crippen LogP contribution in [0.5, 0.6) is 0 Å². The minimum absolute atomic E-state index is 0.195. The summed E-state index contributed by atoms with van der Waals surface area (Å²) in [6.07, 6.45) is 21.5. The van der Waals surface area contributed by atoms with Gasteiger partial charge in [-0.1, -0.05) is 89.4 Å². The van der Waals surface area contributed by atoms with E-state index in [1.165, 1.54) is 68.9 Å². The summed E-state index contributed by atoms with van der Waals surface area (Å²) in [4.78, 5) is 2.51. The number of aliphatic hydroxyl groups excluding tert-OH is 1. The fraction of sp³-hybridized carbons (Fsp3) is 0.806. The van der Waals surface area contributed by atoms with Crippen LogP contribution in [0.3, 0.4) is 0 Å². The van der Waals surface area contributed by atoms with Crippen LogP contribution in [0.1, 0.15) is 104 Å². The van der Waals surface area contributed by atoms with Gasteiger partial charge in [0, 0.05) is 17.4 Å².